The number of carboxylic acid groups (broad SMARTS) is 1. The third-order valence-corrected chi connectivity index (χ3v) is 8.48. The van der Waals surface area contributed by atoms with E-state index in [1.165, 1.54) is 0 Å². The van der Waals surface area contributed by atoms with Gasteiger partial charge in [0.05, 0.1) is 5.54 Å². The van der Waals surface area contributed by atoms with Crippen molar-refractivity contribution in [3.05, 3.63) is 115 Å². The molecule has 1 fully saturated rings. The average molecular weight is 737 g/mol. The Labute approximate surface area is 299 Å². The molecule has 13 nitrogen and oxygen atoms in total. The summed E-state index contributed by atoms with van der Waals surface area (Å²) in [5, 5.41) is 25.3. The molecule has 0 radical (unpaired) electrons. The Morgan fingerprint density at radius 2 is 1.52 bits per heavy atom. The number of para-hydroxylation sites is 1. The van der Waals surface area contributed by atoms with Crippen LogP contribution in [0.25, 0.3) is 0 Å². The van der Waals surface area contributed by atoms with Gasteiger partial charge in [-0.05, 0) is 66.8 Å². The first kappa shape index (κ1) is 36.1. The number of carbonyl (C=O) groups is 1. The number of nitrogens with zero attached hydrogens (tertiary/aromatic N) is 3. The molecule has 0 bridgehead atoms. The quantitative estimate of drug-likeness (QED) is 0.0642. The monoisotopic (exact) mass is 736 g/mol. The van der Waals surface area contributed by atoms with Gasteiger partial charge in [-0.2, -0.15) is 28.1 Å². The molecule has 52 heavy (non-hydrogen) atoms. The lowest BCUT2D eigenvalue weighted by molar-refractivity contribution is -0.154. The van der Waals surface area contributed by atoms with E-state index in [1.54, 1.807) is 60.7 Å². The van der Waals surface area contributed by atoms with Gasteiger partial charge in [0.25, 0.3) is 10.9 Å². The van der Waals surface area contributed by atoms with Crippen LogP contribution in [0.15, 0.2) is 88.5 Å². The number of ether oxygens (including phenoxy) is 1. The number of aliphatic carboxylic acids is 1. The molecule has 1 heterocycles. The van der Waals surface area contributed by atoms with Gasteiger partial charge in [0.2, 0.25) is 11.9 Å². The molecule has 0 spiro atoms. The molecular weight excluding hydrogens is 705 g/mol. The van der Waals surface area contributed by atoms with Crippen LogP contribution >= 0.6 is 11.6 Å². The number of hydrogen-bond acceptors (Lipinski definition) is 12. The molecule has 0 aliphatic heterocycles. The molecular formula is C35H32ClF3N8O5. The Morgan fingerprint density at radius 3 is 2.17 bits per heavy atom. The minimum Gasteiger partial charge on any atom is -0.480 e. The minimum absolute atomic E-state index is 0.0189. The van der Waals surface area contributed by atoms with E-state index >= 15 is 0 Å². The summed E-state index contributed by atoms with van der Waals surface area (Å²) >= 11 is 6.03. The summed E-state index contributed by atoms with van der Waals surface area (Å²) in [7, 11) is 0. The third kappa shape index (κ3) is 9.13. The van der Waals surface area contributed by atoms with Gasteiger partial charge < -0.3 is 36.4 Å². The number of nitrogens with one attached hydrogen (secondary N) is 5. The number of carboxylic acids is 1. The van der Waals surface area contributed by atoms with E-state index < -0.39 is 47.2 Å². The highest BCUT2D eigenvalue weighted by atomic mass is 35.5. The van der Waals surface area contributed by atoms with Gasteiger partial charge >= 0.3 is 18.2 Å². The predicted octanol–water partition coefficient (Wildman–Crippen LogP) is 5.70. The Balaban J connectivity index is 1.06. The molecule has 0 saturated heterocycles. The van der Waals surface area contributed by atoms with Crippen LogP contribution in [0, 0.1) is 0 Å². The van der Waals surface area contributed by atoms with E-state index in [1.807, 2.05) is 18.2 Å². The molecule has 270 valence electrons. The normalized spacial score (nSPS) is 14.0. The van der Waals surface area contributed by atoms with E-state index in [2.05, 4.69) is 41.5 Å². The summed E-state index contributed by atoms with van der Waals surface area (Å²) in [5.41, 5.74) is 1.17. The number of anilines is 6. The van der Waals surface area contributed by atoms with Crippen molar-refractivity contribution in [2.24, 2.45) is 0 Å². The van der Waals surface area contributed by atoms with Crippen molar-refractivity contribution in [1.29, 1.82) is 0 Å². The molecule has 1 unspecified atom stereocenters. The lowest BCUT2D eigenvalue weighted by Crippen LogP contribution is -2.40. The standard InChI is InChI=1S/C35H32ClF3N8O5/c36-22-10-8-21(9-11-22)34(15-16-34)47-32-44-31(45-33(46-32)52-19-35(37,38)39)43-24-12-6-20(7-13-24)18-41-25(30(50)51)14-17-40-26-27(29(49)28(26)48)42-23-4-2-1-3-5-23/h1-13,25,40-42H,14-19H2,(H,50,51)(H2,43,44,45,46,47). The summed E-state index contributed by atoms with van der Waals surface area (Å²) < 4.78 is 43.6. The van der Waals surface area contributed by atoms with Crippen LogP contribution in [0.3, 0.4) is 0 Å². The first-order valence-electron chi connectivity index (χ1n) is 16.1. The molecule has 6 N–H and O–H groups in total. The lowest BCUT2D eigenvalue weighted by atomic mass is 10.1. The highest BCUT2D eigenvalue weighted by molar-refractivity contribution is 6.30. The summed E-state index contributed by atoms with van der Waals surface area (Å²) in [6.45, 7) is -1.30. The summed E-state index contributed by atoms with van der Waals surface area (Å²) in [4.78, 5) is 48.6. The van der Waals surface area contributed by atoms with Gasteiger partial charge in [-0.3, -0.25) is 14.4 Å². The van der Waals surface area contributed by atoms with Gasteiger partial charge in [0, 0.05) is 29.5 Å². The second kappa shape index (κ2) is 15.2. The number of hydrogen-bond donors (Lipinski definition) is 6. The smallest absolute Gasteiger partial charge is 0.422 e. The van der Waals surface area contributed by atoms with E-state index in [0.717, 1.165) is 24.0 Å². The second-order valence-electron chi connectivity index (χ2n) is 12.1. The van der Waals surface area contributed by atoms with Crippen molar-refractivity contribution in [1.82, 2.24) is 20.3 Å². The third-order valence-electron chi connectivity index (χ3n) is 8.23. The van der Waals surface area contributed by atoms with Crippen LogP contribution < -0.4 is 42.2 Å². The van der Waals surface area contributed by atoms with Crippen LogP contribution in [0.4, 0.5) is 47.8 Å². The fourth-order valence-corrected chi connectivity index (χ4v) is 5.47. The molecule has 17 heteroatoms. The molecule has 1 atom stereocenters. The van der Waals surface area contributed by atoms with Crippen molar-refractivity contribution in [3.63, 3.8) is 0 Å². The zero-order chi connectivity index (χ0) is 36.9. The van der Waals surface area contributed by atoms with Crippen molar-refractivity contribution in [3.8, 4) is 6.01 Å². The molecule has 6 rings (SSSR count). The average Bonchev–Trinajstić information content (AvgIpc) is 3.90. The van der Waals surface area contributed by atoms with E-state index in [0.29, 0.717) is 16.4 Å². The number of aromatic nitrogens is 3. The molecule has 1 aliphatic carbocycles. The Hall–Kier alpha value is -5.74. The fourth-order valence-electron chi connectivity index (χ4n) is 5.35. The minimum atomic E-state index is -4.61. The van der Waals surface area contributed by atoms with Crippen molar-refractivity contribution >= 4 is 52.2 Å². The summed E-state index contributed by atoms with van der Waals surface area (Å²) in [6, 6.07) is 21.4. The molecule has 5 aromatic rings. The van der Waals surface area contributed by atoms with Gasteiger partial charge in [-0.1, -0.05) is 54.1 Å². The Morgan fingerprint density at radius 1 is 0.865 bits per heavy atom. The van der Waals surface area contributed by atoms with E-state index in [9.17, 15) is 32.7 Å². The number of alkyl halides is 3. The molecule has 1 saturated carbocycles. The SMILES string of the molecule is O=C(O)C(CCNc1c(Nc2ccccc2)c(=O)c1=O)NCc1ccc(Nc2nc(NC3(c4ccc(Cl)cc4)CC3)nc(OCC(F)(F)F)n2)cc1. The van der Waals surface area contributed by atoms with Gasteiger partial charge in [0.15, 0.2) is 6.61 Å². The van der Waals surface area contributed by atoms with Crippen molar-refractivity contribution in [2.75, 3.05) is 34.4 Å². The Kier molecular flexibility index (Phi) is 10.6. The first-order chi connectivity index (χ1) is 24.9. The number of halogens is 4. The molecule has 1 aliphatic rings. The largest absolute Gasteiger partial charge is 0.480 e. The Bertz CT molecular complexity index is 2090. The van der Waals surface area contributed by atoms with E-state index in [4.69, 9.17) is 16.3 Å². The topological polar surface area (TPSA) is 179 Å². The number of benzene rings is 3. The highest BCUT2D eigenvalue weighted by Gasteiger charge is 2.45. The lowest BCUT2D eigenvalue weighted by Gasteiger charge is -2.19. The summed E-state index contributed by atoms with van der Waals surface area (Å²) in [5.74, 6) is -1.14. The molecule has 4 aromatic carbocycles. The first-order valence-corrected chi connectivity index (χ1v) is 16.5. The molecule has 1 aromatic heterocycles. The summed E-state index contributed by atoms with van der Waals surface area (Å²) in [6.07, 6.45) is -3.02. The maximum absolute atomic E-state index is 12.9. The van der Waals surface area contributed by atoms with Crippen LogP contribution in [0.1, 0.15) is 30.4 Å². The maximum Gasteiger partial charge on any atom is 0.422 e. The van der Waals surface area contributed by atoms with Crippen LogP contribution in [0.2, 0.25) is 5.02 Å². The zero-order valence-electron chi connectivity index (χ0n) is 27.3. The maximum atomic E-state index is 12.9. The zero-order valence-corrected chi connectivity index (χ0v) is 28.0. The van der Waals surface area contributed by atoms with Crippen molar-refractivity contribution in [2.45, 2.75) is 43.6 Å². The molecule has 0 amide bonds. The van der Waals surface area contributed by atoms with Gasteiger partial charge in [0.1, 0.15) is 17.4 Å². The predicted molar refractivity (Wildman–Crippen MR) is 190 cm³/mol. The van der Waals surface area contributed by atoms with Crippen molar-refractivity contribution < 1.29 is 27.8 Å². The fraction of sp³-hybridized carbons (Fsp3) is 0.257. The van der Waals surface area contributed by atoms with Gasteiger partial charge in [-0.25, -0.2) is 0 Å². The van der Waals surface area contributed by atoms with Gasteiger partial charge in [-0.15, -0.1) is 0 Å². The second-order valence-corrected chi connectivity index (χ2v) is 12.5. The highest BCUT2D eigenvalue weighted by Crippen LogP contribution is 2.48. The number of rotatable bonds is 17. The van der Waals surface area contributed by atoms with Crippen LogP contribution in [-0.2, 0) is 16.9 Å². The van der Waals surface area contributed by atoms with Crippen LogP contribution in [0.5, 0.6) is 6.01 Å². The van der Waals surface area contributed by atoms with Crippen LogP contribution in [-0.4, -0.2) is 51.4 Å². The van der Waals surface area contributed by atoms with E-state index in [-0.39, 0.29) is 42.8 Å².